The van der Waals surface area contributed by atoms with Crippen LogP contribution in [0.4, 0.5) is 9.59 Å². The van der Waals surface area contributed by atoms with Gasteiger partial charge in [-0.1, -0.05) is 0 Å². The van der Waals surface area contributed by atoms with E-state index in [9.17, 15) is 18.0 Å². The molecule has 9 nitrogen and oxygen atoms in total. The van der Waals surface area contributed by atoms with Gasteiger partial charge in [0.1, 0.15) is 11.1 Å². The summed E-state index contributed by atoms with van der Waals surface area (Å²) >= 11 is 0. The Morgan fingerprint density at radius 3 is 2.24 bits per heavy atom. The second kappa shape index (κ2) is 5.68. The van der Waals surface area contributed by atoms with Gasteiger partial charge in [0.25, 0.3) is 10.1 Å². The summed E-state index contributed by atoms with van der Waals surface area (Å²) in [7, 11) is -3.70. The third-order valence-electron chi connectivity index (χ3n) is 2.57. The highest BCUT2D eigenvalue weighted by Gasteiger charge is 2.48. The molecule has 0 aliphatic carbocycles. The van der Waals surface area contributed by atoms with Crippen molar-refractivity contribution in [2.24, 2.45) is 0 Å². The first-order valence-electron chi connectivity index (χ1n) is 6.15. The topological polar surface area (TPSA) is 122 Å². The van der Waals surface area contributed by atoms with E-state index in [0.29, 0.717) is 0 Å². The number of carboxylic acid groups (broad SMARTS) is 1. The SMILES string of the molecule is CC(C)(C)OC(=O)NC1(COS(C)(=O)=O)CN(C(=O)O)C1. The van der Waals surface area contributed by atoms with E-state index < -0.39 is 33.4 Å². The number of hydrogen-bond donors (Lipinski definition) is 2. The maximum absolute atomic E-state index is 11.8. The molecular weight excluding hydrogens is 304 g/mol. The zero-order valence-electron chi connectivity index (χ0n) is 12.4. The second-order valence-electron chi connectivity index (χ2n) is 6.01. The van der Waals surface area contributed by atoms with Gasteiger partial charge >= 0.3 is 12.2 Å². The van der Waals surface area contributed by atoms with Crippen molar-refractivity contribution in [2.45, 2.75) is 31.9 Å². The molecular formula is C11H20N2O7S. The van der Waals surface area contributed by atoms with Crippen LogP contribution in [0.15, 0.2) is 0 Å². The van der Waals surface area contributed by atoms with Crippen molar-refractivity contribution in [2.75, 3.05) is 26.0 Å². The highest BCUT2D eigenvalue weighted by atomic mass is 32.2. The van der Waals surface area contributed by atoms with Gasteiger partial charge in [-0.25, -0.2) is 9.59 Å². The zero-order valence-corrected chi connectivity index (χ0v) is 13.2. The minimum atomic E-state index is -3.70. The van der Waals surface area contributed by atoms with Crippen molar-refractivity contribution in [3.05, 3.63) is 0 Å². The van der Waals surface area contributed by atoms with Crippen molar-refractivity contribution in [1.82, 2.24) is 10.2 Å². The summed E-state index contributed by atoms with van der Waals surface area (Å²) in [5.74, 6) is 0. The van der Waals surface area contributed by atoms with Crippen LogP contribution in [-0.2, 0) is 19.0 Å². The first-order chi connectivity index (χ1) is 9.32. The molecule has 1 saturated heterocycles. The number of carbonyl (C=O) groups is 2. The monoisotopic (exact) mass is 324 g/mol. The molecule has 21 heavy (non-hydrogen) atoms. The Bertz CT molecular complexity index is 517. The minimum absolute atomic E-state index is 0.0723. The van der Waals surface area contributed by atoms with Gasteiger partial charge in [0, 0.05) is 0 Å². The molecule has 0 aromatic carbocycles. The molecule has 1 fully saturated rings. The lowest BCUT2D eigenvalue weighted by atomic mass is 9.91. The number of alkyl carbamates (subject to hydrolysis) is 1. The summed E-state index contributed by atoms with van der Waals surface area (Å²) in [6, 6.07) is 0. The molecule has 0 aromatic heterocycles. The first-order valence-corrected chi connectivity index (χ1v) is 7.97. The number of nitrogens with zero attached hydrogens (tertiary/aromatic N) is 1. The van der Waals surface area contributed by atoms with Crippen LogP contribution in [-0.4, -0.2) is 67.7 Å². The average Bonchev–Trinajstić information content (AvgIpc) is 2.16. The van der Waals surface area contributed by atoms with Gasteiger partial charge in [-0.15, -0.1) is 0 Å². The lowest BCUT2D eigenvalue weighted by Gasteiger charge is -2.48. The van der Waals surface area contributed by atoms with Crippen molar-refractivity contribution < 1.29 is 32.0 Å². The van der Waals surface area contributed by atoms with E-state index in [4.69, 9.17) is 9.84 Å². The van der Waals surface area contributed by atoms with Gasteiger partial charge in [-0.05, 0) is 20.8 Å². The average molecular weight is 324 g/mol. The molecule has 1 heterocycles. The van der Waals surface area contributed by atoms with E-state index in [0.717, 1.165) is 11.2 Å². The summed E-state index contributed by atoms with van der Waals surface area (Å²) in [4.78, 5) is 23.6. The standard InChI is InChI=1S/C11H20N2O7S/c1-10(2,3)20-8(14)12-11(7-19-21(4,17)18)5-13(6-11)9(15)16/h5-7H2,1-4H3,(H,12,14)(H,15,16). The van der Waals surface area contributed by atoms with Crippen LogP contribution in [0, 0.1) is 0 Å². The quantitative estimate of drug-likeness (QED) is 0.709. The van der Waals surface area contributed by atoms with Crippen molar-refractivity contribution >= 4 is 22.3 Å². The Balaban J connectivity index is 2.71. The minimum Gasteiger partial charge on any atom is -0.465 e. The molecule has 0 spiro atoms. The summed E-state index contributed by atoms with van der Waals surface area (Å²) < 4.78 is 31.9. The van der Waals surface area contributed by atoms with Gasteiger partial charge in [-0.3, -0.25) is 4.18 Å². The van der Waals surface area contributed by atoms with E-state index >= 15 is 0 Å². The molecule has 1 aliphatic heterocycles. The van der Waals surface area contributed by atoms with Gasteiger partial charge in [0.2, 0.25) is 0 Å². The summed E-state index contributed by atoms with van der Waals surface area (Å²) in [5.41, 5.74) is -1.83. The van der Waals surface area contributed by atoms with Crippen LogP contribution in [0.5, 0.6) is 0 Å². The molecule has 0 bridgehead atoms. The third kappa shape index (κ3) is 5.76. The lowest BCUT2D eigenvalue weighted by Crippen LogP contribution is -2.73. The summed E-state index contributed by atoms with van der Waals surface area (Å²) in [5, 5.41) is 11.3. The normalized spacial score (nSPS) is 17.8. The lowest BCUT2D eigenvalue weighted by molar-refractivity contribution is -0.00169. The molecule has 122 valence electrons. The maximum atomic E-state index is 11.8. The molecule has 2 amide bonds. The van der Waals surface area contributed by atoms with Crippen molar-refractivity contribution in [1.29, 1.82) is 0 Å². The Morgan fingerprint density at radius 1 is 1.33 bits per heavy atom. The molecule has 1 aliphatic rings. The van der Waals surface area contributed by atoms with Crippen molar-refractivity contribution in [3.8, 4) is 0 Å². The molecule has 0 unspecified atom stereocenters. The molecule has 0 radical (unpaired) electrons. The van der Waals surface area contributed by atoms with Crippen LogP contribution in [0.2, 0.25) is 0 Å². The fourth-order valence-corrected chi connectivity index (χ4v) is 2.21. The summed E-state index contributed by atoms with van der Waals surface area (Å²) in [6.45, 7) is 4.53. The van der Waals surface area contributed by atoms with E-state index in [2.05, 4.69) is 9.50 Å². The molecule has 0 aromatic rings. The fourth-order valence-electron chi connectivity index (χ4n) is 1.77. The number of likely N-dealkylation sites (tertiary alicyclic amines) is 1. The molecule has 0 saturated carbocycles. The predicted molar refractivity (Wildman–Crippen MR) is 72.5 cm³/mol. The van der Waals surface area contributed by atoms with Crippen LogP contribution in [0.1, 0.15) is 20.8 Å². The largest absolute Gasteiger partial charge is 0.465 e. The van der Waals surface area contributed by atoms with E-state index in [1.54, 1.807) is 20.8 Å². The van der Waals surface area contributed by atoms with Gasteiger partial charge in [0.15, 0.2) is 0 Å². The Kier molecular flexibility index (Phi) is 4.73. The van der Waals surface area contributed by atoms with Crippen molar-refractivity contribution in [3.63, 3.8) is 0 Å². The highest BCUT2D eigenvalue weighted by molar-refractivity contribution is 7.85. The van der Waals surface area contributed by atoms with Gasteiger partial charge in [0.05, 0.1) is 26.0 Å². The molecule has 0 atom stereocenters. The third-order valence-corrected chi connectivity index (χ3v) is 3.12. The zero-order chi connectivity index (χ0) is 16.5. The Labute approximate surface area is 123 Å². The van der Waals surface area contributed by atoms with Crippen LogP contribution in [0.25, 0.3) is 0 Å². The Hall–Kier alpha value is -1.55. The van der Waals surface area contributed by atoms with E-state index in [1.165, 1.54) is 0 Å². The smallest absolute Gasteiger partial charge is 0.408 e. The molecule has 2 N–H and O–H groups in total. The maximum Gasteiger partial charge on any atom is 0.408 e. The van der Waals surface area contributed by atoms with E-state index in [1.807, 2.05) is 0 Å². The number of hydrogen-bond acceptors (Lipinski definition) is 6. The van der Waals surface area contributed by atoms with Crippen LogP contribution in [0.3, 0.4) is 0 Å². The fraction of sp³-hybridized carbons (Fsp3) is 0.818. The van der Waals surface area contributed by atoms with Gasteiger partial charge in [-0.2, -0.15) is 8.42 Å². The highest BCUT2D eigenvalue weighted by Crippen LogP contribution is 2.23. The predicted octanol–water partition coefficient (Wildman–Crippen LogP) is 0.220. The van der Waals surface area contributed by atoms with Crippen LogP contribution < -0.4 is 5.32 Å². The number of nitrogens with one attached hydrogen (secondary N) is 1. The molecule has 1 rings (SSSR count). The number of rotatable bonds is 4. The first kappa shape index (κ1) is 17.5. The van der Waals surface area contributed by atoms with Gasteiger partial charge < -0.3 is 20.1 Å². The number of amides is 2. The molecule has 10 heteroatoms. The number of ether oxygens (including phenoxy) is 1. The Morgan fingerprint density at radius 2 is 1.86 bits per heavy atom. The second-order valence-corrected chi connectivity index (χ2v) is 7.66. The van der Waals surface area contributed by atoms with E-state index in [-0.39, 0.29) is 19.7 Å². The summed E-state index contributed by atoms with van der Waals surface area (Å²) in [6.07, 6.45) is -1.04. The number of carbonyl (C=O) groups excluding carboxylic acids is 1. The van der Waals surface area contributed by atoms with Crippen LogP contribution >= 0.6 is 0 Å².